The number of hydrogen-bond donors (Lipinski definition) is 0. The Morgan fingerprint density at radius 3 is 2.00 bits per heavy atom. The summed E-state index contributed by atoms with van der Waals surface area (Å²) in [4.78, 5) is 10.3. The molecular formula is C13H26O. The van der Waals surface area contributed by atoms with Crippen LogP contribution in [-0.2, 0) is 4.79 Å². The fraction of sp³-hybridized carbons (Fsp3) is 0.769. The van der Waals surface area contributed by atoms with Crippen molar-refractivity contribution in [3.63, 3.8) is 0 Å². The highest BCUT2D eigenvalue weighted by Crippen LogP contribution is 1.98. The molecule has 0 aromatic heterocycles. The third-order valence-electron chi connectivity index (χ3n) is 1.89. The van der Waals surface area contributed by atoms with Gasteiger partial charge in [0.2, 0.25) is 0 Å². The average Bonchev–Trinajstić information content (AvgIpc) is 2.16. The van der Waals surface area contributed by atoms with Gasteiger partial charge in [-0.2, -0.15) is 0 Å². The average molecular weight is 198 g/mol. The van der Waals surface area contributed by atoms with Gasteiger partial charge in [0.25, 0.3) is 0 Å². The summed E-state index contributed by atoms with van der Waals surface area (Å²) in [5.74, 6) is 0.318. The number of carbonyl (C=O) groups is 1. The van der Waals surface area contributed by atoms with Crippen molar-refractivity contribution in [2.75, 3.05) is 0 Å². The monoisotopic (exact) mass is 198 g/mol. The standard InChI is InChI=1S/C7H14O.C6H12/c1-3-4-5-6-7(2)8;1-3-5-6-4-2/h3-6H2,1-2H3;3H,1,4-6H2,2H3. The molecule has 1 nitrogen and oxygen atoms in total. The van der Waals surface area contributed by atoms with Crippen LogP contribution in [0.4, 0.5) is 0 Å². The molecule has 0 N–H and O–H groups in total. The van der Waals surface area contributed by atoms with Crippen LogP contribution in [0.3, 0.4) is 0 Å². The lowest BCUT2D eigenvalue weighted by atomic mass is 10.2. The number of Topliss-reactive ketones (excluding diaryl/α,β-unsaturated/α-hetero) is 1. The molecule has 0 aliphatic rings. The molecule has 1 heteroatoms. The molecule has 0 saturated carbocycles. The molecule has 0 bridgehead atoms. The molecule has 0 aromatic carbocycles. The van der Waals surface area contributed by atoms with Crippen LogP contribution >= 0.6 is 0 Å². The van der Waals surface area contributed by atoms with E-state index in [0.717, 1.165) is 12.8 Å². The topological polar surface area (TPSA) is 17.1 Å². The summed E-state index contributed by atoms with van der Waals surface area (Å²) in [6.07, 6.45) is 9.96. The second-order valence-corrected chi connectivity index (χ2v) is 3.59. The Bertz CT molecular complexity index is 127. The third kappa shape index (κ3) is 22.5. The van der Waals surface area contributed by atoms with E-state index in [4.69, 9.17) is 0 Å². The molecule has 0 aromatic rings. The van der Waals surface area contributed by atoms with Crippen molar-refractivity contribution in [1.82, 2.24) is 0 Å². The molecular weight excluding hydrogens is 172 g/mol. The van der Waals surface area contributed by atoms with Gasteiger partial charge in [0, 0.05) is 6.42 Å². The van der Waals surface area contributed by atoms with Crippen molar-refractivity contribution in [3.8, 4) is 0 Å². The van der Waals surface area contributed by atoms with Crippen LogP contribution in [0.2, 0.25) is 0 Å². The first-order valence-electron chi connectivity index (χ1n) is 5.79. The van der Waals surface area contributed by atoms with Crippen LogP contribution in [0.1, 0.15) is 65.7 Å². The van der Waals surface area contributed by atoms with Gasteiger partial charge in [0.05, 0.1) is 0 Å². The normalized spacial score (nSPS) is 8.79. The zero-order valence-corrected chi connectivity index (χ0v) is 10.1. The summed E-state index contributed by atoms with van der Waals surface area (Å²) < 4.78 is 0. The molecule has 0 radical (unpaired) electrons. The Balaban J connectivity index is 0. The predicted octanol–water partition coefficient (Wildman–Crippen LogP) is 4.52. The molecule has 0 rings (SSSR count). The minimum atomic E-state index is 0.318. The first-order valence-corrected chi connectivity index (χ1v) is 5.79. The first-order chi connectivity index (χ1) is 6.68. The summed E-state index contributed by atoms with van der Waals surface area (Å²) in [6.45, 7) is 9.57. The number of carbonyl (C=O) groups excluding carboxylic acids is 1. The zero-order chi connectivity index (χ0) is 11.2. The third-order valence-corrected chi connectivity index (χ3v) is 1.89. The Kier molecular flexibility index (Phi) is 16.9. The van der Waals surface area contributed by atoms with E-state index in [2.05, 4.69) is 20.4 Å². The molecule has 14 heavy (non-hydrogen) atoms. The van der Waals surface area contributed by atoms with E-state index in [1.807, 2.05) is 6.08 Å². The van der Waals surface area contributed by atoms with Gasteiger partial charge in [-0.3, -0.25) is 0 Å². The highest BCUT2D eigenvalue weighted by molar-refractivity contribution is 5.75. The summed E-state index contributed by atoms with van der Waals surface area (Å²) >= 11 is 0. The minimum absolute atomic E-state index is 0.318. The highest BCUT2D eigenvalue weighted by atomic mass is 16.1. The second-order valence-electron chi connectivity index (χ2n) is 3.59. The zero-order valence-electron chi connectivity index (χ0n) is 10.1. The maximum Gasteiger partial charge on any atom is 0.129 e. The van der Waals surface area contributed by atoms with Crippen LogP contribution in [0.15, 0.2) is 12.7 Å². The van der Waals surface area contributed by atoms with Gasteiger partial charge in [0.15, 0.2) is 0 Å². The summed E-state index contributed by atoms with van der Waals surface area (Å²) in [7, 11) is 0. The van der Waals surface area contributed by atoms with Crippen molar-refractivity contribution in [2.24, 2.45) is 0 Å². The molecule has 84 valence electrons. The van der Waals surface area contributed by atoms with Gasteiger partial charge < -0.3 is 4.79 Å². The van der Waals surface area contributed by atoms with E-state index in [1.54, 1.807) is 6.92 Å². The summed E-state index contributed by atoms with van der Waals surface area (Å²) in [5.41, 5.74) is 0. The predicted molar refractivity (Wildman–Crippen MR) is 64.5 cm³/mol. The molecule has 0 aliphatic heterocycles. The lowest BCUT2D eigenvalue weighted by Crippen LogP contribution is -1.87. The molecule has 0 heterocycles. The molecule has 0 amide bonds. The fourth-order valence-electron chi connectivity index (χ4n) is 0.972. The number of allylic oxidation sites excluding steroid dienone is 1. The maximum atomic E-state index is 10.3. The van der Waals surface area contributed by atoms with Gasteiger partial charge in [-0.05, 0) is 19.8 Å². The van der Waals surface area contributed by atoms with Crippen molar-refractivity contribution >= 4 is 5.78 Å². The van der Waals surface area contributed by atoms with Gasteiger partial charge in [-0.25, -0.2) is 0 Å². The minimum Gasteiger partial charge on any atom is -0.300 e. The van der Waals surface area contributed by atoms with E-state index < -0.39 is 0 Å². The van der Waals surface area contributed by atoms with Crippen molar-refractivity contribution in [1.29, 1.82) is 0 Å². The van der Waals surface area contributed by atoms with Crippen molar-refractivity contribution in [2.45, 2.75) is 65.7 Å². The quantitative estimate of drug-likeness (QED) is 0.434. The molecule has 0 spiro atoms. The Morgan fingerprint density at radius 1 is 1.14 bits per heavy atom. The summed E-state index contributed by atoms with van der Waals surface area (Å²) in [5, 5.41) is 0. The van der Waals surface area contributed by atoms with Crippen LogP contribution < -0.4 is 0 Å². The van der Waals surface area contributed by atoms with Crippen LogP contribution in [0.5, 0.6) is 0 Å². The number of rotatable bonds is 7. The van der Waals surface area contributed by atoms with Crippen molar-refractivity contribution in [3.05, 3.63) is 12.7 Å². The first kappa shape index (κ1) is 15.9. The molecule has 0 atom stereocenters. The number of ketones is 1. The fourth-order valence-corrected chi connectivity index (χ4v) is 0.972. The van der Waals surface area contributed by atoms with Gasteiger partial charge >= 0.3 is 0 Å². The summed E-state index contributed by atoms with van der Waals surface area (Å²) in [6, 6.07) is 0. The molecule has 0 unspecified atom stereocenters. The number of hydrogen-bond acceptors (Lipinski definition) is 1. The molecule has 0 saturated heterocycles. The van der Waals surface area contributed by atoms with Gasteiger partial charge in [-0.1, -0.05) is 45.6 Å². The highest BCUT2D eigenvalue weighted by Gasteiger charge is 1.89. The number of unbranched alkanes of at least 4 members (excludes halogenated alkanes) is 4. The van der Waals surface area contributed by atoms with E-state index >= 15 is 0 Å². The second kappa shape index (κ2) is 14.9. The van der Waals surface area contributed by atoms with Crippen LogP contribution in [0.25, 0.3) is 0 Å². The molecule has 0 aliphatic carbocycles. The Morgan fingerprint density at radius 2 is 1.71 bits per heavy atom. The maximum absolute atomic E-state index is 10.3. The molecule has 0 fully saturated rings. The van der Waals surface area contributed by atoms with Gasteiger partial charge in [-0.15, -0.1) is 6.58 Å². The van der Waals surface area contributed by atoms with E-state index in [1.165, 1.54) is 32.1 Å². The Labute approximate surface area is 89.6 Å². The Hall–Kier alpha value is -0.590. The largest absolute Gasteiger partial charge is 0.300 e. The van der Waals surface area contributed by atoms with E-state index in [9.17, 15) is 4.79 Å². The lowest BCUT2D eigenvalue weighted by Gasteiger charge is -1.90. The SMILES string of the molecule is C=CCCCC.CCCCCC(C)=O. The lowest BCUT2D eigenvalue weighted by molar-refractivity contribution is -0.117. The van der Waals surface area contributed by atoms with E-state index in [0.29, 0.717) is 5.78 Å². The van der Waals surface area contributed by atoms with Crippen molar-refractivity contribution < 1.29 is 4.79 Å². The van der Waals surface area contributed by atoms with Crippen LogP contribution in [-0.4, -0.2) is 5.78 Å². The smallest absolute Gasteiger partial charge is 0.129 e. The van der Waals surface area contributed by atoms with E-state index in [-0.39, 0.29) is 0 Å². The van der Waals surface area contributed by atoms with Crippen LogP contribution in [0, 0.1) is 0 Å². The van der Waals surface area contributed by atoms with Gasteiger partial charge in [0.1, 0.15) is 5.78 Å².